The standard InChI is InChI=1S/C10H9N3O2/c1-12-10(5-6-10)7-3-2-4-8(11)9(7)13(14)15/h2-4H,5-6,11H2. The number of anilines is 1. The van der Waals surface area contributed by atoms with Crippen molar-refractivity contribution in [3.05, 3.63) is 45.3 Å². The van der Waals surface area contributed by atoms with E-state index in [2.05, 4.69) is 4.85 Å². The van der Waals surface area contributed by atoms with E-state index in [1.807, 2.05) is 0 Å². The Morgan fingerprint density at radius 1 is 1.53 bits per heavy atom. The Hall–Kier alpha value is -2.09. The molecule has 15 heavy (non-hydrogen) atoms. The first-order valence-electron chi connectivity index (χ1n) is 4.53. The molecule has 1 aromatic rings. The molecule has 1 aliphatic carbocycles. The Kier molecular flexibility index (Phi) is 1.86. The van der Waals surface area contributed by atoms with Crippen molar-refractivity contribution in [2.24, 2.45) is 0 Å². The summed E-state index contributed by atoms with van der Waals surface area (Å²) >= 11 is 0. The van der Waals surface area contributed by atoms with E-state index in [9.17, 15) is 10.1 Å². The van der Waals surface area contributed by atoms with Gasteiger partial charge in [-0.1, -0.05) is 6.07 Å². The molecule has 0 unspecified atom stereocenters. The number of rotatable bonds is 2. The fourth-order valence-electron chi connectivity index (χ4n) is 1.70. The number of benzene rings is 1. The van der Waals surface area contributed by atoms with E-state index in [1.165, 1.54) is 6.07 Å². The molecular formula is C10H9N3O2. The van der Waals surface area contributed by atoms with Gasteiger partial charge in [0.15, 0.2) is 0 Å². The highest BCUT2D eigenvalue weighted by Crippen LogP contribution is 2.53. The number of nitrogens with zero attached hydrogens (tertiary/aromatic N) is 2. The summed E-state index contributed by atoms with van der Waals surface area (Å²) in [5.74, 6) is 0. The van der Waals surface area contributed by atoms with E-state index in [4.69, 9.17) is 12.3 Å². The summed E-state index contributed by atoms with van der Waals surface area (Å²) in [5, 5.41) is 10.9. The number of nitrogens with two attached hydrogens (primary N) is 1. The van der Waals surface area contributed by atoms with Gasteiger partial charge in [0.05, 0.1) is 4.92 Å². The Balaban J connectivity index is 2.63. The average Bonchev–Trinajstić information content (AvgIpc) is 2.97. The minimum Gasteiger partial charge on any atom is -0.393 e. The molecule has 1 fully saturated rings. The molecule has 1 aliphatic rings. The molecule has 0 radical (unpaired) electrons. The Morgan fingerprint density at radius 2 is 2.20 bits per heavy atom. The van der Waals surface area contributed by atoms with Crippen LogP contribution in [-0.4, -0.2) is 4.92 Å². The molecule has 0 bridgehead atoms. The van der Waals surface area contributed by atoms with Crippen molar-refractivity contribution >= 4 is 11.4 Å². The molecular weight excluding hydrogens is 194 g/mol. The van der Waals surface area contributed by atoms with Gasteiger partial charge in [0.2, 0.25) is 0 Å². The first kappa shape index (κ1) is 9.46. The second kappa shape index (κ2) is 2.95. The van der Waals surface area contributed by atoms with Gasteiger partial charge in [0.1, 0.15) is 11.3 Å². The van der Waals surface area contributed by atoms with E-state index in [0.29, 0.717) is 18.4 Å². The molecule has 0 spiro atoms. The van der Waals surface area contributed by atoms with Crippen LogP contribution in [0.4, 0.5) is 11.4 Å². The Labute approximate surface area is 86.5 Å². The summed E-state index contributed by atoms with van der Waals surface area (Å²) < 4.78 is 0. The summed E-state index contributed by atoms with van der Waals surface area (Å²) in [4.78, 5) is 13.8. The van der Waals surface area contributed by atoms with Crippen molar-refractivity contribution in [3.63, 3.8) is 0 Å². The third-order valence-corrected chi connectivity index (χ3v) is 2.69. The Morgan fingerprint density at radius 3 is 2.67 bits per heavy atom. The highest BCUT2D eigenvalue weighted by Gasteiger charge is 2.56. The van der Waals surface area contributed by atoms with Gasteiger partial charge in [-0.25, -0.2) is 6.57 Å². The molecule has 2 rings (SSSR count). The molecule has 76 valence electrons. The zero-order valence-electron chi connectivity index (χ0n) is 7.93. The fourth-order valence-corrected chi connectivity index (χ4v) is 1.70. The lowest BCUT2D eigenvalue weighted by Crippen LogP contribution is -2.07. The number of nitrogen functional groups attached to an aromatic ring is 1. The van der Waals surface area contributed by atoms with Crippen LogP contribution in [0.15, 0.2) is 18.2 Å². The minimum absolute atomic E-state index is 0.106. The zero-order valence-corrected chi connectivity index (χ0v) is 7.93. The number of hydrogen-bond acceptors (Lipinski definition) is 3. The summed E-state index contributed by atoms with van der Waals surface area (Å²) in [6.45, 7) is 7.08. The molecule has 5 nitrogen and oxygen atoms in total. The highest BCUT2D eigenvalue weighted by atomic mass is 16.6. The van der Waals surface area contributed by atoms with Crippen LogP contribution in [0.2, 0.25) is 0 Å². The van der Waals surface area contributed by atoms with Crippen molar-refractivity contribution in [2.75, 3.05) is 5.73 Å². The van der Waals surface area contributed by atoms with E-state index >= 15 is 0 Å². The van der Waals surface area contributed by atoms with Crippen LogP contribution in [0.5, 0.6) is 0 Å². The quantitative estimate of drug-likeness (QED) is 0.346. The molecule has 5 heteroatoms. The van der Waals surface area contributed by atoms with Gasteiger partial charge in [0, 0.05) is 12.8 Å². The first-order valence-corrected chi connectivity index (χ1v) is 4.53. The van der Waals surface area contributed by atoms with Crippen LogP contribution < -0.4 is 5.73 Å². The lowest BCUT2D eigenvalue weighted by molar-refractivity contribution is -0.384. The molecule has 0 heterocycles. The molecule has 1 aromatic carbocycles. The predicted octanol–water partition coefficient (Wildman–Crippen LogP) is 2.09. The van der Waals surface area contributed by atoms with Crippen LogP contribution in [0.3, 0.4) is 0 Å². The van der Waals surface area contributed by atoms with Gasteiger partial charge < -0.3 is 10.6 Å². The largest absolute Gasteiger partial charge is 0.393 e. The summed E-state index contributed by atoms with van der Waals surface area (Å²) in [6, 6.07) is 4.77. The maximum Gasteiger partial charge on any atom is 0.303 e. The smallest absolute Gasteiger partial charge is 0.303 e. The van der Waals surface area contributed by atoms with E-state index < -0.39 is 10.5 Å². The second-order valence-corrected chi connectivity index (χ2v) is 3.64. The monoisotopic (exact) mass is 203 g/mol. The van der Waals surface area contributed by atoms with Crippen molar-refractivity contribution in [2.45, 2.75) is 18.4 Å². The lowest BCUT2D eigenvalue weighted by atomic mass is 10.0. The van der Waals surface area contributed by atoms with Gasteiger partial charge in [-0.15, -0.1) is 0 Å². The number of hydrogen-bond donors (Lipinski definition) is 1. The van der Waals surface area contributed by atoms with E-state index in [0.717, 1.165) is 0 Å². The fraction of sp³-hybridized carbons (Fsp3) is 0.300. The zero-order chi connectivity index (χ0) is 11.1. The number of nitro groups is 1. The SMILES string of the molecule is [C-]#[N+]C1(c2cccc(N)c2[N+](=O)[O-])CC1. The van der Waals surface area contributed by atoms with Crippen LogP contribution >= 0.6 is 0 Å². The van der Waals surface area contributed by atoms with Crippen LogP contribution in [-0.2, 0) is 5.54 Å². The van der Waals surface area contributed by atoms with Gasteiger partial charge in [-0.2, -0.15) is 0 Å². The van der Waals surface area contributed by atoms with Crippen LogP contribution in [0.1, 0.15) is 18.4 Å². The molecule has 0 aromatic heterocycles. The molecule has 0 atom stereocenters. The average molecular weight is 203 g/mol. The maximum atomic E-state index is 10.9. The molecule has 0 amide bonds. The normalized spacial score (nSPS) is 16.7. The topological polar surface area (TPSA) is 73.5 Å². The van der Waals surface area contributed by atoms with Crippen molar-refractivity contribution in [1.29, 1.82) is 0 Å². The van der Waals surface area contributed by atoms with Gasteiger partial charge in [-0.3, -0.25) is 10.1 Å². The predicted molar refractivity (Wildman–Crippen MR) is 55.0 cm³/mol. The Bertz CT molecular complexity index is 472. The lowest BCUT2D eigenvalue weighted by Gasteiger charge is -2.05. The summed E-state index contributed by atoms with van der Waals surface area (Å²) in [5.41, 5.74) is 5.36. The molecule has 0 aliphatic heterocycles. The van der Waals surface area contributed by atoms with Crippen molar-refractivity contribution < 1.29 is 4.92 Å². The maximum absolute atomic E-state index is 10.9. The van der Waals surface area contributed by atoms with Gasteiger partial charge >= 0.3 is 5.69 Å². The molecule has 2 N–H and O–H groups in total. The van der Waals surface area contributed by atoms with Crippen LogP contribution in [0.25, 0.3) is 4.85 Å². The highest BCUT2D eigenvalue weighted by molar-refractivity contribution is 5.65. The van der Waals surface area contributed by atoms with Gasteiger partial charge in [-0.05, 0) is 12.1 Å². The van der Waals surface area contributed by atoms with Crippen molar-refractivity contribution in [1.82, 2.24) is 0 Å². The third kappa shape index (κ3) is 1.31. The molecule has 1 saturated carbocycles. The van der Waals surface area contributed by atoms with Crippen LogP contribution in [0, 0.1) is 16.7 Å². The number of para-hydroxylation sites is 1. The van der Waals surface area contributed by atoms with E-state index in [1.54, 1.807) is 12.1 Å². The van der Waals surface area contributed by atoms with Gasteiger partial charge in [0.25, 0.3) is 5.54 Å². The summed E-state index contributed by atoms with van der Waals surface area (Å²) in [7, 11) is 0. The first-order chi connectivity index (χ1) is 7.10. The minimum atomic E-state index is -0.683. The van der Waals surface area contributed by atoms with Crippen molar-refractivity contribution in [3.8, 4) is 0 Å². The summed E-state index contributed by atoms with van der Waals surface area (Å²) in [6.07, 6.45) is 1.36. The molecule has 0 saturated heterocycles. The third-order valence-electron chi connectivity index (χ3n) is 2.69. The second-order valence-electron chi connectivity index (χ2n) is 3.64. The van der Waals surface area contributed by atoms with E-state index in [-0.39, 0.29) is 11.4 Å². The number of nitro benzene ring substituents is 1.